The van der Waals surface area contributed by atoms with Gasteiger partial charge in [-0.2, -0.15) is 0 Å². The number of ether oxygens (including phenoxy) is 3. The van der Waals surface area contributed by atoms with E-state index in [1.165, 1.54) is 19.8 Å². The first kappa shape index (κ1) is 18.6. The predicted molar refractivity (Wildman–Crippen MR) is 97.9 cm³/mol. The van der Waals surface area contributed by atoms with E-state index in [1.807, 2.05) is 0 Å². The molecule has 0 fully saturated rings. The van der Waals surface area contributed by atoms with E-state index in [9.17, 15) is 4.79 Å². The number of amides is 1. The van der Waals surface area contributed by atoms with E-state index in [4.69, 9.17) is 14.2 Å². The molecule has 0 aromatic heterocycles. The van der Waals surface area contributed by atoms with Gasteiger partial charge < -0.3 is 19.5 Å². The molecular formula is C20H25NO4. The molecular weight excluding hydrogens is 318 g/mol. The molecule has 0 heterocycles. The lowest BCUT2D eigenvalue weighted by Crippen LogP contribution is -2.24. The molecule has 0 aliphatic rings. The summed E-state index contributed by atoms with van der Waals surface area (Å²) in [6, 6.07) is 7.51. The molecule has 2 rings (SSSR count). The molecule has 2 aromatic carbocycles. The molecule has 0 atom stereocenters. The van der Waals surface area contributed by atoms with Gasteiger partial charge in [0.15, 0.2) is 11.5 Å². The Kier molecular flexibility index (Phi) is 5.91. The van der Waals surface area contributed by atoms with Crippen LogP contribution in [-0.2, 0) is 6.54 Å². The van der Waals surface area contributed by atoms with Crippen molar-refractivity contribution < 1.29 is 19.0 Å². The molecule has 5 heteroatoms. The van der Waals surface area contributed by atoms with Crippen LogP contribution in [0.25, 0.3) is 0 Å². The summed E-state index contributed by atoms with van der Waals surface area (Å²) in [6.45, 7) is 6.63. The van der Waals surface area contributed by atoms with E-state index in [-0.39, 0.29) is 5.91 Å². The van der Waals surface area contributed by atoms with E-state index in [0.717, 1.165) is 16.7 Å². The fourth-order valence-electron chi connectivity index (χ4n) is 2.96. The summed E-state index contributed by atoms with van der Waals surface area (Å²) in [7, 11) is 4.59. The summed E-state index contributed by atoms with van der Waals surface area (Å²) in [5.41, 5.74) is 5.07. The Morgan fingerprint density at radius 1 is 0.840 bits per heavy atom. The molecule has 0 saturated carbocycles. The SMILES string of the molecule is COc1cc(OC)c(C(=O)NCc2c(C)cc(C)cc2C)cc1OC. The normalized spacial score (nSPS) is 10.3. The van der Waals surface area contributed by atoms with Crippen molar-refractivity contribution in [3.63, 3.8) is 0 Å². The van der Waals surface area contributed by atoms with Crippen molar-refractivity contribution in [2.45, 2.75) is 27.3 Å². The summed E-state index contributed by atoms with van der Waals surface area (Å²) in [5, 5.41) is 2.96. The fourth-order valence-corrected chi connectivity index (χ4v) is 2.96. The van der Waals surface area contributed by atoms with Crippen LogP contribution in [0.1, 0.15) is 32.6 Å². The Bertz CT molecular complexity index is 761. The first-order valence-corrected chi connectivity index (χ1v) is 8.06. The fraction of sp³-hybridized carbons (Fsp3) is 0.350. The zero-order chi connectivity index (χ0) is 18.6. The Morgan fingerprint density at radius 2 is 1.36 bits per heavy atom. The van der Waals surface area contributed by atoms with Crippen molar-refractivity contribution in [2.24, 2.45) is 0 Å². The van der Waals surface area contributed by atoms with Gasteiger partial charge in [0, 0.05) is 18.7 Å². The summed E-state index contributed by atoms with van der Waals surface area (Å²) < 4.78 is 15.9. The monoisotopic (exact) mass is 343 g/mol. The highest BCUT2D eigenvalue weighted by Gasteiger charge is 2.18. The second-order valence-corrected chi connectivity index (χ2v) is 5.97. The molecule has 0 saturated heterocycles. The highest BCUT2D eigenvalue weighted by molar-refractivity contribution is 5.97. The van der Waals surface area contributed by atoms with Crippen LogP contribution in [0.4, 0.5) is 0 Å². The quantitative estimate of drug-likeness (QED) is 0.871. The van der Waals surface area contributed by atoms with Crippen molar-refractivity contribution >= 4 is 5.91 Å². The maximum absolute atomic E-state index is 12.7. The zero-order valence-corrected chi connectivity index (χ0v) is 15.6. The standard InChI is InChI=1S/C20H25NO4/c1-12-7-13(2)16(14(3)8-12)11-21-20(22)15-9-18(24-5)19(25-6)10-17(15)23-4/h7-10H,11H2,1-6H3,(H,21,22). The number of aryl methyl sites for hydroxylation is 3. The third-order valence-corrected chi connectivity index (χ3v) is 4.22. The van der Waals surface area contributed by atoms with Crippen LogP contribution in [0.3, 0.4) is 0 Å². The number of nitrogens with one attached hydrogen (secondary N) is 1. The van der Waals surface area contributed by atoms with E-state index < -0.39 is 0 Å². The third kappa shape index (κ3) is 4.05. The minimum absolute atomic E-state index is 0.225. The van der Waals surface area contributed by atoms with Gasteiger partial charge in [-0.15, -0.1) is 0 Å². The second-order valence-electron chi connectivity index (χ2n) is 5.97. The average Bonchev–Trinajstić information content (AvgIpc) is 2.59. The van der Waals surface area contributed by atoms with Gasteiger partial charge >= 0.3 is 0 Å². The van der Waals surface area contributed by atoms with Crippen LogP contribution in [-0.4, -0.2) is 27.2 Å². The van der Waals surface area contributed by atoms with E-state index >= 15 is 0 Å². The number of carbonyl (C=O) groups excluding carboxylic acids is 1. The minimum Gasteiger partial charge on any atom is -0.496 e. The zero-order valence-electron chi connectivity index (χ0n) is 15.6. The van der Waals surface area contributed by atoms with Crippen molar-refractivity contribution in [1.29, 1.82) is 0 Å². The van der Waals surface area contributed by atoms with Crippen molar-refractivity contribution in [3.8, 4) is 17.2 Å². The minimum atomic E-state index is -0.225. The molecule has 25 heavy (non-hydrogen) atoms. The number of rotatable bonds is 6. The largest absolute Gasteiger partial charge is 0.496 e. The Hall–Kier alpha value is -2.69. The summed E-state index contributed by atoms with van der Waals surface area (Å²) in [5.74, 6) is 1.21. The topological polar surface area (TPSA) is 56.8 Å². The Labute approximate surface area is 148 Å². The lowest BCUT2D eigenvalue weighted by molar-refractivity contribution is 0.0947. The predicted octanol–water partition coefficient (Wildman–Crippen LogP) is 3.57. The molecule has 0 bridgehead atoms. The average molecular weight is 343 g/mol. The van der Waals surface area contributed by atoms with Gasteiger partial charge in [0.05, 0.1) is 26.9 Å². The van der Waals surface area contributed by atoms with Gasteiger partial charge in [-0.25, -0.2) is 0 Å². The van der Waals surface area contributed by atoms with E-state index in [1.54, 1.807) is 19.2 Å². The Morgan fingerprint density at radius 3 is 1.88 bits per heavy atom. The molecule has 1 amide bonds. The number of methoxy groups -OCH3 is 3. The summed E-state index contributed by atoms with van der Waals surface area (Å²) in [4.78, 5) is 12.7. The number of benzene rings is 2. The van der Waals surface area contributed by atoms with Gasteiger partial charge in [-0.1, -0.05) is 17.7 Å². The third-order valence-electron chi connectivity index (χ3n) is 4.22. The first-order valence-electron chi connectivity index (χ1n) is 8.06. The van der Waals surface area contributed by atoms with Crippen LogP contribution >= 0.6 is 0 Å². The molecule has 0 unspecified atom stereocenters. The van der Waals surface area contributed by atoms with Crippen LogP contribution in [0, 0.1) is 20.8 Å². The summed E-state index contributed by atoms with van der Waals surface area (Å²) >= 11 is 0. The molecule has 134 valence electrons. The lowest BCUT2D eigenvalue weighted by atomic mass is 10.00. The van der Waals surface area contributed by atoms with Crippen LogP contribution in [0.5, 0.6) is 17.2 Å². The summed E-state index contributed by atoms with van der Waals surface area (Å²) in [6.07, 6.45) is 0. The van der Waals surface area contributed by atoms with Crippen molar-refractivity contribution in [1.82, 2.24) is 5.32 Å². The smallest absolute Gasteiger partial charge is 0.255 e. The molecule has 1 N–H and O–H groups in total. The first-order chi connectivity index (χ1) is 11.9. The van der Waals surface area contributed by atoms with Crippen molar-refractivity contribution in [2.75, 3.05) is 21.3 Å². The number of hydrogen-bond donors (Lipinski definition) is 1. The van der Waals surface area contributed by atoms with E-state index in [0.29, 0.717) is 29.4 Å². The molecule has 2 aromatic rings. The van der Waals surface area contributed by atoms with E-state index in [2.05, 4.69) is 38.2 Å². The maximum atomic E-state index is 12.7. The highest BCUT2D eigenvalue weighted by Crippen LogP contribution is 2.34. The maximum Gasteiger partial charge on any atom is 0.255 e. The van der Waals surface area contributed by atoms with Crippen LogP contribution < -0.4 is 19.5 Å². The lowest BCUT2D eigenvalue weighted by Gasteiger charge is -2.15. The van der Waals surface area contributed by atoms with Gasteiger partial charge in [-0.05, 0) is 37.5 Å². The number of hydrogen-bond acceptors (Lipinski definition) is 4. The molecule has 5 nitrogen and oxygen atoms in total. The van der Waals surface area contributed by atoms with Gasteiger partial charge in [-0.3, -0.25) is 4.79 Å². The Balaban J connectivity index is 2.27. The molecule has 0 spiro atoms. The van der Waals surface area contributed by atoms with Crippen LogP contribution in [0.2, 0.25) is 0 Å². The van der Waals surface area contributed by atoms with Gasteiger partial charge in [0.2, 0.25) is 0 Å². The number of carbonyl (C=O) groups is 1. The second kappa shape index (κ2) is 7.92. The van der Waals surface area contributed by atoms with Gasteiger partial charge in [0.1, 0.15) is 5.75 Å². The molecule has 0 aliphatic carbocycles. The molecule has 0 aliphatic heterocycles. The van der Waals surface area contributed by atoms with Crippen LogP contribution in [0.15, 0.2) is 24.3 Å². The van der Waals surface area contributed by atoms with Gasteiger partial charge in [0.25, 0.3) is 5.91 Å². The van der Waals surface area contributed by atoms with Crippen molar-refractivity contribution in [3.05, 3.63) is 52.1 Å². The highest BCUT2D eigenvalue weighted by atomic mass is 16.5. The molecule has 0 radical (unpaired) electrons.